The van der Waals surface area contributed by atoms with Gasteiger partial charge >= 0.3 is 5.97 Å². The lowest BCUT2D eigenvalue weighted by Crippen LogP contribution is -2.30. The number of aryl methyl sites for hydroxylation is 2. The number of unbranched alkanes of at least 4 members (excludes halogenated alkanes) is 1. The maximum absolute atomic E-state index is 13.1. The van der Waals surface area contributed by atoms with Crippen LogP contribution in [0.3, 0.4) is 0 Å². The van der Waals surface area contributed by atoms with E-state index in [0.29, 0.717) is 5.75 Å². The third-order valence-corrected chi connectivity index (χ3v) is 8.10. The highest BCUT2D eigenvalue weighted by Crippen LogP contribution is 2.56. The van der Waals surface area contributed by atoms with Crippen LogP contribution < -0.4 is 4.74 Å². The van der Waals surface area contributed by atoms with Gasteiger partial charge in [0.15, 0.2) is 0 Å². The van der Waals surface area contributed by atoms with Crippen LogP contribution in [0.15, 0.2) is 84.9 Å². The molecule has 0 saturated carbocycles. The highest BCUT2D eigenvalue weighted by atomic mass is 16.5. The first-order valence-corrected chi connectivity index (χ1v) is 13.5. The standard InChI is InChI=1S/C35H36O3/c1-6-7-20-34(4,5)33(37)38-32-19-17-26(22-24(32)3)35(25-16-18-31(36)23(2)21-25)29-14-10-8-12-27(29)28-13-9-11-15-30(28)35/h8-19,21-22,36H,6-7,20H2,1-5H3. The van der Waals surface area contributed by atoms with E-state index in [1.165, 1.54) is 22.3 Å². The summed E-state index contributed by atoms with van der Waals surface area (Å²) in [5.41, 5.74) is 7.66. The predicted octanol–water partition coefficient (Wildman–Crippen LogP) is 8.49. The van der Waals surface area contributed by atoms with Crippen LogP contribution in [0.5, 0.6) is 11.5 Å². The van der Waals surface area contributed by atoms with E-state index in [4.69, 9.17) is 4.74 Å². The van der Waals surface area contributed by atoms with Crippen LogP contribution in [-0.2, 0) is 10.2 Å². The minimum absolute atomic E-state index is 0.192. The highest BCUT2D eigenvalue weighted by Gasteiger charge is 2.46. The monoisotopic (exact) mass is 504 g/mol. The van der Waals surface area contributed by atoms with Gasteiger partial charge in [0.05, 0.1) is 10.8 Å². The normalized spacial score (nSPS) is 13.6. The molecule has 0 fully saturated rings. The number of hydrogen-bond acceptors (Lipinski definition) is 3. The van der Waals surface area contributed by atoms with Crippen molar-refractivity contribution in [3.05, 3.63) is 118 Å². The average Bonchev–Trinajstić information content (AvgIpc) is 3.21. The molecule has 0 atom stereocenters. The molecular formula is C35H36O3. The lowest BCUT2D eigenvalue weighted by atomic mass is 9.67. The van der Waals surface area contributed by atoms with E-state index in [1.54, 1.807) is 6.07 Å². The summed E-state index contributed by atoms with van der Waals surface area (Å²) in [6.07, 6.45) is 2.84. The Balaban J connectivity index is 1.68. The zero-order valence-electron chi connectivity index (χ0n) is 23.0. The van der Waals surface area contributed by atoms with Crippen LogP contribution in [0.25, 0.3) is 11.1 Å². The fourth-order valence-corrected chi connectivity index (χ4v) is 5.87. The minimum Gasteiger partial charge on any atom is -0.508 e. The van der Waals surface area contributed by atoms with Gasteiger partial charge in [0.1, 0.15) is 11.5 Å². The summed E-state index contributed by atoms with van der Waals surface area (Å²) in [5, 5.41) is 10.4. The number of phenolic OH excluding ortho intramolecular Hbond substituents is 1. The molecule has 0 saturated heterocycles. The second kappa shape index (κ2) is 9.79. The average molecular weight is 505 g/mol. The third kappa shape index (κ3) is 4.11. The van der Waals surface area contributed by atoms with Gasteiger partial charge in [-0.15, -0.1) is 0 Å². The third-order valence-electron chi connectivity index (χ3n) is 8.10. The highest BCUT2D eigenvalue weighted by molar-refractivity contribution is 5.86. The van der Waals surface area contributed by atoms with Gasteiger partial charge in [-0.3, -0.25) is 4.79 Å². The zero-order chi connectivity index (χ0) is 27.1. The van der Waals surface area contributed by atoms with E-state index in [0.717, 1.165) is 41.5 Å². The summed E-state index contributed by atoms with van der Waals surface area (Å²) in [5.74, 6) is 0.690. The van der Waals surface area contributed by atoms with Crippen molar-refractivity contribution in [1.29, 1.82) is 0 Å². The Labute approximate surface area is 226 Å². The second-order valence-electron chi connectivity index (χ2n) is 11.2. The first kappa shape index (κ1) is 25.8. The van der Waals surface area contributed by atoms with Crippen molar-refractivity contribution in [2.75, 3.05) is 0 Å². The Morgan fingerprint density at radius 3 is 1.92 bits per heavy atom. The van der Waals surface area contributed by atoms with E-state index in [9.17, 15) is 9.90 Å². The van der Waals surface area contributed by atoms with Gasteiger partial charge in [-0.05, 0) is 90.8 Å². The number of rotatable bonds is 7. The number of hydrogen-bond donors (Lipinski definition) is 1. The first-order valence-electron chi connectivity index (χ1n) is 13.5. The lowest BCUT2D eigenvalue weighted by Gasteiger charge is -2.34. The van der Waals surface area contributed by atoms with Gasteiger partial charge in [-0.1, -0.05) is 92.6 Å². The summed E-state index contributed by atoms with van der Waals surface area (Å²) >= 11 is 0. The van der Waals surface area contributed by atoms with Gasteiger partial charge < -0.3 is 9.84 Å². The molecule has 0 heterocycles. The molecule has 0 bridgehead atoms. The van der Waals surface area contributed by atoms with Crippen LogP contribution in [0.1, 0.15) is 73.4 Å². The minimum atomic E-state index is -0.570. The number of aromatic hydroxyl groups is 1. The molecule has 0 radical (unpaired) electrons. The topological polar surface area (TPSA) is 46.5 Å². The molecule has 0 amide bonds. The molecule has 0 unspecified atom stereocenters. The SMILES string of the molecule is CCCCC(C)(C)C(=O)Oc1ccc(C2(c3ccc(O)c(C)c3)c3ccccc3-c3ccccc32)cc1C. The largest absolute Gasteiger partial charge is 0.508 e. The molecular weight excluding hydrogens is 468 g/mol. The van der Waals surface area contributed by atoms with Crippen molar-refractivity contribution in [2.45, 2.75) is 59.3 Å². The smallest absolute Gasteiger partial charge is 0.316 e. The molecule has 4 aromatic carbocycles. The molecule has 0 aliphatic heterocycles. The molecule has 4 aromatic rings. The molecule has 0 aromatic heterocycles. The summed E-state index contributed by atoms with van der Waals surface area (Å²) < 4.78 is 5.97. The fraction of sp³-hybridized carbons (Fsp3) is 0.286. The van der Waals surface area contributed by atoms with Crippen molar-refractivity contribution >= 4 is 5.97 Å². The van der Waals surface area contributed by atoms with Crippen LogP contribution >= 0.6 is 0 Å². The van der Waals surface area contributed by atoms with Crippen LogP contribution in [0.4, 0.5) is 0 Å². The van der Waals surface area contributed by atoms with Crippen molar-refractivity contribution in [2.24, 2.45) is 5.41 Å². The number of benzene rings is 4. The predicted molar refractivity (Wildman–Crippen MR) is 154 cm³/mol. The van der Waals surface area contributed by atoms with Crippen molar-refractivity contribution in [3.63, 3.8) is 0 Å². The Hall–Kier alpha value is -3.85. The Kier molecular flexibility index (Phi) is 6.65. The number of fused-ring (bicyclic) bond motifs is 3. The van der Waals surface area contributed by atoms with E-state index < -0.39 is 10.8 Å². The van der Waals surface area contributed by atoms with Gasteiger partial charge in [-0.2, -0.15) is 0 Å². The van der Waals surface area contributed by atoms with Gasteiger partial charge in [0, 0.05) is 0 Å². The summed E-state index contributed by atoms with van der Waals surface area (Å²) in [7, 11) is 0. The van der Waals surface area contributed by atoms with E-state index in [-0.39, 0.29) is 11.7 Å². The molecule has 3 nitrogen and oxygen atoms in total. The number of esters is 1. The Morgan fingerprint density at radius 2 is 1.37 bits per heavy atom. The number of carbonyl (C=O) groups is 1. The van der Waals surface area contributed by atoms with E-state index in [1.807, 2.05) is 39.8 Å². The molecule has 1 N–H and O–H groups in total. The maximum Gasteiger partial charge on any atom is 0.316 e. The maximum atomic E-state index is 13.1. The number of ether oxygens (including phenoxy) is 1. The number of phenols is 1. The van der Waals surface area contributed by atoms with Gasteiger partial charge in [0.25, 0.3) is 0 Å². The fourth-order valence-electron chi connectivity index (χ4n) is 5.87. The summed E-state index contributed by atoms with van der Waals surface area (Å²) in [6, 6.07) is 29.2. The molecule has 5 rings (SSSR count). The summed E-state index contributed by atoms with van der Waals surface area (Å²) in [6.45, 7) is 10.0. The Bertz CT molecular complexity index is 1470. The van der Waals surface area contributed by atoms with Gasteiger partial charge in [0.2, 0.25) is 0 Å². The molecule has 1 aliphatic carbocycles. The van der Waals surface area contributed by atoms with E-state index in [2.05, 4.69) is 73.7 Å². The number of carbonyl (C=O) groups excluding carboxylic acids is 1. The molecule has 3 heteroatoms. The quantitative estimate of drug-likeness (QED) is 0.179. The second-order valence-corrected chi connectivity index (χ2v) is 11.2. The summed E-state index contributed by atoms with van der Waals surface area (Å²) in [4.78, 5) is 13.1. The van der Waals surface area contributed by atoms with Crippen LogP contribution in [-0.4, -0.2) is 11.1 Å². The zero-order valence-corrected chi connectivity index (χ0v) is 23.0. The lowest BCUT2D eigenvalue weighted by molar-refractivity contribution is -0.144. The van der Waals surface area contributed by atoms with Crippen LogP contribution in [0.2, 0.25) is 0 Å². The van der Waals surface area contributed by atoms with Crippen molar-refractivity contribution in [1.82, 2.24) is 0 Å². The van der Waals surface area contributed by atoms with Crippen molar-refractivity contribution < 1.29 is 14.6 Å². The van der Waals surface area contributed by atoms with Crippen molar-refractivity contribution in [3.8, 4) is 22.6 Å². The first-order chi connectivity index (χ1) is 18.2. The van der Waals surface area contributed by atoms with E-state index >= 15 is 0 Å². The molecule has 1 aliphatic rings. The van der Waals surface area contributed by atoms with Gasteiger partial charge in [-0.25, -0.2) is 0 Å². The van der Waals surface area contributed by atoms with Crippen LogP contribution in [0, 0.1) is 19.3 Å². The molecule has 194 valence electrons. The molecule has 0 spiro atoms. The Morgan fingerprint density at radius 1 is 0.816 bits per heavy atom. The molecule has 38 heavy (non-hydrogen) atoms.